The van der Waals surface area contributed by atoms with Crippen LogP contribution in [0.25, 0.3) is 0 Å². The quantitative estimate of drug-likeness (QED) is 0.876. The van der Waals surface area contributed by atoms with Crippen molar-refractivity contribution in [1.82, 2.24) is 0 Å². The second-order valence-corrected chi connectivity index (χ2v) is 5.70. The Morgan fingerprint density at radius 2 is 1.76 bits per heavy atom. The Morgan fingerprint density at radius 3 is 2.24 bits per heavy atom. The predicted molar refractivity (Wildman–Crippen MR) is 67.5 cm³/mol. The summed E-state index contributed by atoms with van der Waals surface area (Å²) in [6.07, 6.45) is 0. The van der Waals surface area contributed by atoms with Gasteiger partial charge in [0, 0.05) is 0 Å². The average molecular weight is 236 g/mol. The van der Waals surface area contributed by atoms with Gasteiger partial charge in [0.1, 0.15) is 5.75 Å². The summed E-state index contributed by atoms with van der Waals surface area (Å²) in [6.45, 7) is 9.40. The lowest BCUT2D eigenvalue weighted by Gasteiger charge is -2.24. The fourth-order valence-electron chi connectivity index (χ4n) is 1.36. The number of hydrogen-bond acceptors (Lipinski definition) is 2. The molecule has 3 nitrogen and oxygen atoms in total. The van der Waals surface area contributed by atoms with E-state index in [2.05, 4.69) is 20.8 Å². The summed E-state index contributed by atoms with van der Waals surface area (Å²) >= 11 is 0. The third-order valence-electron chi connectivity index (χ3n) is 2.59. The minimum Gasteiger partial charge on any atom is -0.478 e. The molecule has 1 aromatic rings. The van der Waals surface area contributed by atoms with Gasteiger partial charge >= 0.3 is 5.97 Å². The van der Waals surface area contributed by atoms with Crippen LogP contribution in [0.5, 0.6) is 5.75 Å². The molecule has 0 aliphatic carbocycles. The zero-order chi connectivity index (χ0) is 13.3. The van der Waals surface area contributed by atoms with Crippen molar-refractivity contribution >= 4 is 5.97 Å². The first-order valence-corrected chi connectivity index (χ1v) is 5.66. The Morgan fingerprint density at radius 1 is 1.18 bits per heavy atom. The number of rotatable bonds is 3. The minimum atomic E-state index is -1.21. The molecule has 3 heteroatoms. The number of ether oxygens (including phenoxy) is 1. The molecule has 0 fully saturated rings. The van der Waals surface area contributed by atoms with Crippen LogP contribution < -0.4 is 4.74 Å². The Hall–Kier alpha value is -1.51. The van der Waals surface area contributed by atoms with Gasteiger partial charge in [-0.25, -0.2) is 4.79 Å². The summed E-state index contributed by atoms with van der Waals surface area (Å²) < 4.78 is 5.50. The minimum absolute atomic E-state index is 0.0206. The normalized spacial score (nSPS) is 12.3. The van der Waals surface area contributed by atoms with Crippen molar-refractivity contribution in [3.63, 3.8) is 0 Å². The number of carboxylic acid groups (broad SMARTS) is 1. The summed E-state index contributed by atoms with van der Waals surface area (Å²) in [6, 6.07) is 7.57. The van der Waals surface area contributed by atoms with E-state index in [4.69, 9.17) is 9.84 Å². The van der Waals surface area contributed by atoms with Crippen molar-refractivity contribution in [2.75, 3.05) is 0 Å². The smallest absolute Gasteiger partial charge is 0.347 e. The van der Waals surface area contributed by atoms with Crippen LogP contribution in [0.2, 0.25) is 0 Å². The van der Waals surface area contributed by atoms with Crippen LogP contribution in [-0.4, -0.2) is 16.7 Å². The van der Waals surface area contributed by atoms with Crippen LogP contribution in [0.1, 0.15) is 40.2 Å². The highest BCUT2D eigenvalue weighted by Gasteiger charge is 2.29. The molecule has 0 amide bonds. The molecular weight excluding hydrogens is 216 g/mol. The lowest BCUT2D eigenvalue weighted by molar-refractivity contribution is -0.152. The van der Waals surface area contributed by atoms with Gasteiger partial charge in [-0.2, -0.15) is 0 Å². The zero-order valence-electron chi connectivity index (χ0n) is 11.1. The SMILES string of the molecule is CC(C)(Oc1cccc(C(C)(C)C)c1)C(=O)O. The number of carbonyl (C=O) groups is 1. The Kier molecular flexibility index (Phi) is 3.51. The number of aliphatic carboxylic acids is 1. The molecule has 0 aromatic heterocycles. The predicted octanol–water partition coefficient (Wildman–Crippen LogP) is 3.23. The maximum atomic E-state index is 11.0. The molecule has 0 atom stereocenters. The molecule has 0 radical (unpaired) electrons. The second-order valence-electron chi connectivity index (χ2n) is 5.70. The molecule has 0 aliphatic rings. The summed E-state index contributed by atoms with van der Waals surface area (Å²) in [7, 11) is 0. The molecule has 0 saturated carbocycles. The molecule has 0 bridgehead atoms. The van der Waals surface area contributed by atoms with Crippen molar-refractivity contribution in [1.29, 1.82) is 0 Å². The Balaban J connectivity index is 2.98. The molecule has 1 rings (SSSR count). The molecule has 0 unspecified atom stereocenters. The first-order chi connectivity index (χ1) is 7.63. The van der Waals surface area contributed by atoms with E-state index < -0.39 is 11.6 Å². The van der Waals surface area contributed by atoms with Crippen molar-refractivity contribution in [3.8, 4) is 5.75 Å². The Bertz CT molecular complexity index is 414. The first-order valence-electron chi connectivity index (χ1n) is 5.66. The van der Waals surface area contributed by atoms with Gasteiger partial charge in [-0.1, -0.05) is 32.9 Å². The van der Waals surface area contributed by atoms with E-state index in [1.54, 1.807) is 19.9 Å². The van der Waals surface area contributed by atoms with Gasteiger partial charge in [0.05, 0.1) is 0 Å². The molecule has 1 N–H and O–H groups in total. The van der Waals surface area contributed by atoms with Gasteiger partial charge in [-0.15, -0.1) is 0 Å². The standard InChI is InChI=1S/C14H20O3/c1-13(2,3)10-7-6-8-11(9-10)17-14(4,5)12(15)16/h6-9H,1-5H3,(H,15,16). The molecular formula is C14H20O3. The van der Waals surface area contributed by atoms with Gasteiger partial charge < -0.3 is 9.84 Å². The van der Waals surface area contributed by atoms with Gasteiger partial charge in [0.15, 0.2) is 5.60 Å². The lowest BCUT2D eigenvalue weighted by atomic mass is 9.87. The molecule has 0 saturated heterocycles. The highest BCUT2D eigenvalue weighted by Crippen LogP contribution is 2.27. The first kappa shape index (κ1) is 13.6. The van der Waals surface area contributed by atoms with E-state index in [9.17, 15) is 4.79 Å². The highest BCUT2D eigenvalue weighted by atomic mass is 16.5. The second kappa shape index (κ2) is 4.40. The molecule has 17 heavy (non-hydrogen) atoms. The van der Waals surface area contributed by atoms with E-state index in [0.717, 1.165) is 5.56 Å². The topological polar surface area (TPSA) is 46.5 Å². The number of carboxylic acids is 1. The van der Waals surface area contributed by atoms with E-state index in [1.807, 2.05) is 18.2 Å². The van der Waals surface area contributed by atoms with Gasteiger partial charge in [0.2, 0.25) is 0 Å². The van der Waals surface area contributed by atoms with Crippen LogP contribution in [-0.2, 0) is 10.2 Å². The highest BCUT2D eigenvalue weighted by molar-refractivity contribution is 5.76. The van der Waals surface area contributed by atoms with Crippen molar-refractivity contribution < 1.29 is 14.6 Å². The maximum Gasteiger partial charge on any atom is 0.347 e. The average Bonchev–Trinajstić information content (AvgIpc) is 2.15. The largest absolute Gasteiger partial charge is 0.478 e. The van der Waals surface area contributed by atoms with Gasteiger partial charge in [0.25, 0.3) is 0 Å². The lowest BCUT2D eigenvalue weighted by Crippen LogP contribution is -2.37. The Labute approximate surface area is 102 Å². The summed E-state index contributed by atoms with van der Waals surface area (Å²) in [5, 5.41) is 9.01. The monoisotopic (exact) mass is 236 g/mol. The molecule has 0 aliphatic heterocycles. The summed E-state index contributed by atoms with van der Waals surface area (Å²) in [5.74, 6) is -0.386. The molecule has 0 spiro atoms. The van der Waals surface area contributed by atoms with Crippen molar-refractivity contribution in [3.05, 3.63) is 29.8 Å². The third-order valence-corrected chi connectivity index (χ3v) is 2.59. The molecule has 94 valence electrons. The van der Waals surface area contributed by atoms with Crippen LogP contribution in [0.15, 0.2) is 24.3 Å². The van der Waals surface area contributed by atoms with E-state index >= 15 is 0 Å². The van der Waals surface area contributed by atoms with E-state index in [-0.39, 0.29) is 5.41 Å². The molecule has 1 aromatic carbocycles. The zero-order valence-corrected chi connectivity index (χ0v) is 11.1. The maximum absolute atomic E-state index is 11.0. The van der Waals surface area contributed by atoms with Crippen LogP contribution in [0.3, 0.4) is 0 Å². The summed E-state index contributed by atoms with van der Waals surface area (Å²) in [5.41, 5.74) is -0.0698. The van der Waals surface area contributed by atoms with Crippen LogP contribution >= 0.6 is 0 Å². The third kappa shape index (κ3) is 3.48. The van der Waals surface area contributed by atoms with Crippen molar-refractivity contribution in [2.45, 2.75) is 45.6 Å². The fourth-order valence-corrected chi connectivity index (χ4v) is 1.36. The summed E-state index contributed by atoms with van der Waals surface area (Å²) in [4.78, 5) is 11.0. The molecule has 0 heterocycles. The van der Waals surface area contributed by atoms with Gasteiger partial charge in [-0.05, 0) is 37.0 Å². The van der Waals surface area contributed by atoms with Crippen LogP contribution in [0.4, 0.5) is 0 Å². The van der Waals surface area contributed by atoms with Crippen LogP contribution in [0, 0.1) is 0 Å². The fraction of sp³-hybridized carbons (Fsp3) is 0.500. The van der Waals surface area contributed by atoms with E-state index in [1.165, 1.54) is 0 Å². The number of hydrogen-bond donors (Lipinski definition) is 1. The van der Waals surface area contributed by atoms with Gasteiger partial charge in [-0.3, -0.25) is 0 Å². The number of benzene rings is 1. The van der Waals surface area contributed by atoms with E-state index in [0.29, 0.717) is 5.75 Å². The van der Waals surface area contributed by atoms with Crippen molar-refractivity contribution in [2.24, 2.45) is 0 Å².